The van der Waals surface area contributed by atoms with Gasteiger partial charge in [0.25, 0.3) is 0 Å². The van der Waals surface area contributed by atoms with Gasteiger partial charge in [0.15, 0.2) is 11.5 Å². The molecule has 20 heavy (non-hydrogen) atoms. The molecule has 0 radical (unpaired) electrons. The summed E-state index contributed by atoms with van der Waals surface area (Å²) < 4.78 is 17.1. The smallest absolute Gasteiger partial charge is 0.175 e. The quantitative estimate of drug-likeness (QED) is 0.807. The van der Waals surface area contributed by atoms with Crippen molar-refractivity contribution in [2.45, 2.75) is 6.92 Å². The monoisotopic (exact) mass is 341 g/mol. The number of hydrogen-bond acceptors (Lipinski definition) is 4. The molecule has 0 unspecified atom stereocenters. The lowest BCUT2D eigenvalue weighted by molar-refractivity contribution is 0.170. The standard InChI is InChI=1S/C15H20BrNO3/c1-11(10-17-3-4-18-2)7-12-8-13(16)15-14(9-12)19-5-6-20-15/h7-9,17H,3-6,10H2,1-2H3. The number of methoxy groups -OCH3 is 1. The van der Waals surface area contributed by atoms with Gasteiger partial charge in [-0.25, -0.2) is 0 Å². The number of hydrogen-bond donors (Lipinski definition) is 1. The van der Waals surface area contributed by atoms with Crippen LogP contribution in [0.5, 0.6) is 11.5 Å². The van der Waals surface area contributed by atoms with E-state index in [0.29, 0.717) is 13.2 Å². The Morgan fingerprint density at radius 2 is 2.20 bits per heavy atom. The second kappa shape index (κ2) is 7.67. The summed E-state index contributed by atoms with van der Waals surface area (Å²) in [7, 11) is 1.71. The highest BCUT2D eigenvalue weighted by Gasteiger charge is 2.15. The fourth-order valence-electron chi connectivity index (χ4n) is 2.01. The number of nitrogens with one attached hydrogen (secondary N) is 1. The van der Waals surface area contributed by atoms with Gasteiger partial charge in [0, 0.05) is 20.2 Å². The topological polar surface area (TPSA) is 39.7 Å². The van der Waals surface area contributed by atoms with Crippen LogP contribution in [0.1, 0.15) is 12.5 Å². The van der Waals surface area contributed by atoms with Crippen LogP contribution >= 0.6 is 15.9 Å². The molecule has 110 valence electrons. The second-order valence-corrected chi connectivity index (χ2v) is 5.54. The summed E-state index contributed by atoms with van der Waals surface area (Å²) in [6, 6.07) is 4.06. The highest BCUT2D eigenvalue weighted by atomic mass is 79.9. The molecule has 1 aromatic rings. The van der Waals surface area contributed by atoms with Crippen LogP contribution in [0.15, 0.2) is 22.2 Å². The molecule has 4 nitrogen and oxygen atoms in total. The molecule has 1 aromatic carbocycles. The van der Waals surface area contributed by atoms with Crippen molar-refractivity contribution in [1.29, 1.82) is 0 Å². The van der Waals surface area contributed by atoms with Crippen LogP contribution in [0.2, 0.25) is 0 Å². The number of halogens is 1. The first kappa shape index (κ1) is 15.4. The van der Waals surface area contributed by atoms with Crippen LogP contribution < -0.4 is 14.8 Å². The third kappa shape index (κ3) is 4.23. The molecule has 0 aromatic heterocycles. The van der Waals surface area contributed by atoms with Crippen LogP contribution in [0, 0.1) is 0 Å². The van der Waals surface area contributed by atoms with Gasteiger partial charge in [0.2, 0.25) is 0 Å². The zero-order valence-corrected chi connectivity index (χ0v) is 13.5. The molecule has 1 N–H and O–H groups in total. The minimum atomic E-state index is 0.600. The van der Waals surface area contributed by atoms with E-state index < -0.39 is 0 Å². The van der Waals surface area contributed by atoms with Crippen LogP contribution in [0.3, 0.4) is 0 Å². The molecule has 0 spiro atoms. The van der Waals surface area contributed by atoms with Crippen LogP contribution in [-0.2, 0) is 4.74 Å². The SMILES string of the molecule is COCCNCC(C)=Cc1cc(Br)c2c(c1)OCCO2. The molecule has 1 aliphatic rings. The van der Waals surface area contributed by atoms with Crippen molar-refractivity contribution in [2.75, 3.05) is 40.0 Å². The van der Waals surface area contributed by atoms with E-state index in [1.807, 2.05) is 12.1 Å². The lowest BCUT2D eigenvalue weighted by Crippen LogP contribution is -2.20. The normalized spacial score (nSPS) is 14.4. The Labute approximate surface area is 128 Å². The summed E-state index contributed by atoms with van der Waals surface area (Å²) in [6.45, 7) is 5.72. The van der Waals surface area contributed by atoms with Gasteiger partial charge in [-0.1, -0.05) is 11.6 Å². The van der Waals surface area contributed by atoms with E-state index in [0.717, 1.165) is 41.2 Å². The van der Waals surface area contributed by atoms with E-state index >= 15 is 0 Å². The third-order valence-electron chi connectivity index (χ3n) is 2.92. The fourth-order valence-corrected chi connectivity index (χ4v) is 2.58. The Bertz CT molecular complexity index is 488. The van der Waals surface area contributed by atoms with Crippen LogP contribution in [0.4, 0.5) is 0 Å². The summed E-state index contributed by atoms with van der Waals surface area (Å²) in [5.74, 6) is 1.60. The Balaban J connectivity index is 2.03. The fraction of sp³-hybridized carbons (Fsp3) is 0.467. The minimum absolute atomic E-state index is 0.600. The van der Waals surface area contributed by atoms with E-state index in [-0.39, 0.29) is 0 Å². The van der Waals surface area contributed by atoms with Crippen molar-refractivity contribution in [3.05, 3.63) is 27.7 Å². The molecular formula is C15H20BrNO3. The lowest BCUT2D eigenvalue weighted by Gasteiger charge is -2.20. The number of ether oxygens (including phenoxy) is 3. The summed E-state index contributed by atoms with van der Waals surface area (Å²) in [6.07, 6.45) is 2.14. The van der Waals surface area contributed by atoms with Crippen molar-refractivity contribution < 1.29 is 14.2 Å². The first-order valence-corrected chi connectivity index (χ1v) is 7.46. The first-order chi connectivity index (χ1) is 9.70. The van der Waals surface area contributed by atoms with Gasteiger partial charge >= 0.3 is 0 Å². The average molecular weight is 342 g/mol. The molecule has 0 saturated heterocycles. The summed E-state index contributed by atoms with van der Waals surface area (Å²) in [5.41, 5.74) is 2.36. The Morgan fingerprint density at radius 1 is 1.40 bits per heavy atom. The van der Waals surface area contributed by atoms with Gasteiger partial charge in [-0.2, -0.15) is 0 Å². The van der Waals surface area contributed by atoms with Gasteiger partial charge in [-0.15, -0.1) is 0 Å². The molecule has 0 fully saturated rings. The number of benzene rings is 1. The zero-order valence-electron chi connectivity index (χ0n) is 11.9. The lowest BCUT2D eigenvalue weighted by atomic mass is 10.1. The van der Waals surface area contributed by atoms with Gasteiger partial charge in [0.1, 0.15) is 13.2 Å². The van der Waals surface area contributed by atoms with E-state index in [2.05, 4.69) is 34.2 Å². The minimum Gasteiger partial charge on any atom is -0.486 e. The number of fused-ring (bicyclic) bond motifs is 1. The highest BCUT2D eigenvalue weighted by Crippen LogP contribution is 2.38. The van der Waals surface area contributed by atoms with Crippen LogP contribution in [-0.4, -0.2) is 40.0 Å². The van der Waals surface area contributed by atoms with E-state index in [9.17, 15) is 0 Å². The zero-order chi connectivity index (χ0) is 14.4. The van der Waals surface area contributed by atoms with Crippen molar-refractivity contribution in [2.24, 2.45) is 0 Å². The Kier molecular flexibility index (Phi) is 5.88. The Hall–Kier alpha value is -1.04. The predicted molar refractivity (Wildman–Crippen MR) is 83.5 cm³/mol. The maximum Gasteiger partial charge on any atom is 0.175 e. The Morgan fingerprint density at radius 3 is 3.00 bits per heavy atom. The third-order valence-corrected chi connectivity index (χ3v) is 3.51. The van der Waals surface area contributed by atoms with Gasteiger partial charge in [-0.3, -0.25) is 0 Å². The second-order valence-electron chi connectivity index (χ2n) is 4.69. The van der Waals surface area contributed by atoms with Gasteiger partial charge in [0.05, 0.1) is 11.1 Å². The predicted octanol–water partition coefficient (Wildman–Crippen LogP) is 2.86. The van der Waals surface area contributed by atoms with Crippen molar-refractivity contribution in [3.8, 4) is 11.5 Å². The van der Waals surface area contributed by atoms with Gasteiger partial charge < -0.3 is 19.5 Å². The van der Waals surface area contributed by atoms with E-state index in [4.69, 9.17) is 14.2 Å². The maximum atomic E-state index is 5.62. The molecule has 1 heterocycles. The molecule has 0 amide bonds. The summed E-state index contributed by atoms with van der Waals surface area (Å²) >= 11 is 3.53. The molecular weight excluding hydrogens is 322 g/mol. The molecule has 5 heteroatoms. The molecule has 0 atom stereocenters. The molecule has 2 rings (SSSR count). The summed E-state index contributed by atoms with van der Waals surface area (Å²) in [5, 5.41) is 3.32. The van der Waals surface area contributed by atoms with Crippen molar-refractivity contribution in [3.63, 3.8) is 0 Å². The summed E-state index contributed by atoms with van der Waals surface area (Å²) in [4.78, 5) is 0. The van der Waals surface area contributed by atoms with Crippen molar-refractivity contribution >= 4 is 22.0 Å². The highest BCUT2D eigenvalue weighted by molar-refractivity contribution is 9.10. The van der Waals surface area contributed by atoms with E-state index in [1.165, 1.54) is 5.57 Å². The van der Waals surface area contributed by atoms with Crippen LogP contribution in [0.25, 0.3) is 6.08 Å². The number of rotatable bonds is 6. The van der Waals surface area contributed by atoms with E-state index in [1.54, 1.807) is 7.11 Å². The van der Waals surface area contributed by atoms with Gasteiger partial charge in [-0.05, 0) is 40.5 Å². The molecule has 0 bridgehead atoms. The van der Waals surface area contributed by atoms with Crippen molar-refractivity contribution in [1.82, 2.24) is 5.32 Å². The molecule has 0 aliphatic carbocycles. The largest absolute Gasteiger partial charge is 0.486 e. The molecule has 0 saturated carbocycles. The first-order valence-electron chi connectivity index (χ1n) is 6.66. The average Bonchev–Trinajstić information content (AvgIpc) is 2.44. The maximum absolute atomic E-state index is 5.62. The molecule has 1 aliphatic heterocycles.